The van der Waals surface area contributed by atoms with Crippen molar-refractivity contribution in [2.75, 3.05) is 0 Å². The third-order valence-corrected chi connectivity index (χ3v) is 4.32. The Morgan fingerprint density at radius 2 is 1.50 bits per heavy atom. The van der Waals surface area contributed by atoms with Crippen molar-refractivity contribution in [2.45, 2.75) is 43.9 Å². The normalized spacial score (nSPS) is 12.1. The van der Waals surface area contributed by atoms with E-state index in [4.69, 9.17) is 4.74 Å². The molecule has 4 heteroatoms. The third kappa shape index (κ3) is 2.98. The molecule has 3 nitrogen and oxygen atoms in total. The van der Waals surface area contributed by atoms with Crippen molar-refractivity contribution >= 4 is 9.84 Å². The van der Waals surface area contributed by atoms with Gasteiger partial charge in [0.2, 0.25) is 0 Å². The molecule has 0 aromatic heterocycles. The lowest BCUT2D eigenvalue weighted by Gasteiger charge is -2.11. The van der Waals surface area contributed by atoms with Gasteiger partial charge in [-0.15, -0.1) is 0 Å². The lowest BCUT2D eigenvalue weighted by molar-refractivity contribution is 0.242. The van der Waals surface area contributed by atoms with Gasteiger partial charge in [-0.25, -0.2) is 8.42 Å². The SMILES string of the molecule is CC(C)Oc1ccc(S(=O)(=O)C(C)C)cc1. The minimum atomic E-state index is -3.18. The van der Waals surface area contributed by atoms with Crippen molar-refractivity contribution < 1.29 is 13.2 Å². The molecule has 0 bridgehead atoms. The summed E-state index contributed by atoms with van der Waals surface area (Å²) in [6, 6.07) is 6.56. The van der Waals surface area contributed by atoms with E-state index in [0.717, 1.165) is 0 Å². The van der Waals surface area contributed by atoms with Gasteiger partial charge < -0.3 is 4.74 Å². The molecule has 0 atom stereocenters. The van der Waals surface area contributed by atoms with Gasteiger partial charge in [0.15, 0.2) is 9.84 Å². The van der Waals surface area contributed by atoms with Gasteiger partial charge in [0.25, 0.3) is 0 Å². The second-order valence-corrected chi connectivity index (χ2v) is 6.74. The van der Waals surface area contributed by atoms with Gasteiger partial charge in [-0.3, -0.25) is 0 Å². The summed E-state index contributed by atoms with van der Waals surface area (Å²) in [5, 5.41) is -0.399. The third-order valence-electron chi connectivity index (χ3n) is 2.14. The molecule has 0 saturated carbocycles. The monoisotopic (exact) mass is 242 g/mol. The Labute approximate surface area is 97.4 Å². The smallest absolute Gasteiger partial charge is 0.180 e. The van der Waals surface area contributed by atoms with Crippen molar-refractivity contribution in [3.8, 4) is 5.75 Å². The molecule has 0 aliphatic rings. The average molecular weight is 242 g/mol. The van der Waals surface area contributed by atoms with Gasteiger partial charge in [0.05, 0.1) is 16.2 Å². The van der Waals surface area contributed by atoms with Crippen LogP contribution in [0, 0.1) is 0 Å². The first-order valence-electron chi connectivity index (χ1n) is 5.34. The summed E-state index contributed by atoms with van der Waals surface area (Å²) in [6.07, 6.45) is 0.0903. The van der Waals surface area contributed by atoms with Crippen LogP contribution in [0.4, 0.5) is 0 Å². The second-order valence-electron chi connectivity index (χ2n) is 4.23. The Bertz CT molecular complexity index is 430. The average Bonchev–Trinajstić information content (AvgIpc) is 2.17. The summed E-state index contributed by atoms with van der Waals surface area (Å²) in [4.78, 5) is 0.346. The molecule has 0 N–H and O–H groups in total. The standard InChI is InChI=1S/C12H18O3S/c1-9(2)15-11-5-7-12(8-6-11)16(13,14)10(3)4/h5-10H,1-4H3. The number of sulfone groups is 1. The van der Waals surface area contributed by atoms with E-state index < -0.39 is 15.1 Å². The van der Waals surface area contributed by atoms with Crippen LogP contribution in [0.25, 0.3) is 0 Å². The summed E-state index contributed by atoms with van der Waals surface area (Å²) >= 11 is 0. The van der Waals surface area contributed by atoms with Crippen LogP contribution in [0.1, 0.15) is 27.7 Å². The molecule has 0 heterocycles. The number of hydrogen-bond acceptors (Lipinski definition) is 3. The number of hydrogen-bond donors (Lipinski definition) is 0. The van der Waals surface area contributed by atoms with Crippen LogP contribution in [0.2, 0.25) is 0 Å². The molecule has 0 fully saturated rings. The predicted molar refractivity (Wildman–Crippen MR) is 64.5 cm³/mol. The molecule has 1 rings (SSSR count). The molecule has 1 aromatic carbocycles. The Balaban J connectivity index is 2.96. The summed E-state index contributed by atoms with van der Waals surface area (Å²) in [5.74, 6) is 0.692. The fourth-order valence-electron chi connectivity index (χ4n) is 1.25. The van der Waals surface area contributed by atoms with Crippen molar-refractivity contribution in [1.82, 2.24) is 0 Å². The van der Waals surface area contributed by atoms with Crippen LogP contribution in [0.5, 0.6) is 5.75 Å². The van der Waals surface area contributed by atoms with E-state index in [1.54, 1.807) is 38.1 Å². The fourth-order valence-corrected chi connectivity index (χ4v) is 2.31. The zero-order chi connectivity index (χ0) is 12.3. The Morgan fingerprint density at radius 1 is 1.00 bits per heavy atom. The van der Waals surface area contributed by atoms with E-state index in [1.807, 2.05) is 13.8 Å². The molecule has 0 spiro atoms. The van der Waals surface area contributed by atoms with Crippen LogP contribution in [0.3, 0.4) is 0 Å². The van der Waals surface area contributed by atoms with Crippen LogP contribution < -0.4 is 4.74 Å². The molecule has 1 aromatic rings. The lowest BCUT2D eigenvalue weighted by atomic mass is 10.3. The van der Waals surface area contributed by atoms with Crippen LogP contribution in [0.15, 0.2) is 29.2 Å². The van der Waals surface area contributed by atoms with E-state index >= 15 is 0 Å². The Hall–Kier alpha value is -1.03. The van der Waals surface area contributed by atoms with Crippen molar-refractivity contribution in [3.63, 3.8) is 0 Å². The highest BCUT2D eigenvalue weighted by Gasteiger charge is 2.18. The molecule has 0 unspecified atom stereocenters. The quantitative estimate of drug-likeness (QED) is 0.815. The number of benzene rings is 1. The maximum atomic E-state index is 11.8. The number of rotatable bonds is 4. The van der Waals surface area contributed by atoms with Crippen LogP contribution in [-0.4, -0.2) is 19.8 Å². The first-order valence-corrected chi connectivity index (χ1v) is 6.89. The van der Waals surface area contributed by atoms with Gasteiger partial charge >= 0.3 is 0 Å². The summed E-state index contributed by atoms with van der Waals surface area (Å²) in [7, 11) is -3.18. The highest BCUT2D eigenvalue weighted by Crippen LogP contribution is 2.20. The van der Waals surface area contributed by atoms with Crippen molar-refractivity contribution in [2.24, 2.45) is 0 Å². The van der Waals surface area contributed by atoms with E-state index in [-0.39, 0.29) is 6.10 Å². The first kappa shape index (κ1) is 13.0. The van der Waals surface area contributed by atoms with E-state index in [0.29, 0.717) is 10.6 Å². The molecule has 0 aliphatic carbocycles. The van der Waals surface area contributed by atoms with Crippen LogP contribution >= 0.6 is 0 Å². The largest absolute Gasteiger partial charge is 0.491 e. The van der Waals surface area contributed by atoms with E-state index in [1.165, 1.54) is 0 Å². The van der Waals surface area contributed by atoms with Crippen LogP contribution in [-0.2, 0) is 9.84 Å². The summed E-state index contributed by atoms with van der Waals surface area (Å²) in [6.45, 7) is 7.21. The highest BCUT2D eigenvalue weighted by molar-refractivity contribution is 7.92. The summed E-state index contributed by atoms with van der Waals surface area (Å²) in [5.41, 5.74) is 0. The maximum absolute atomic E-state index is 11.8. The second kappa shape index (κ2) is 4.87. The topological polar surface area (TPSA) is 43.4 Å². The lowest BCUT2D eigenvalue weighted by Crippen LogP contribution is -2.14. The molecular weight excluding hydrogens is 224 g/mol. The van der Waals surface area contributed by atoms with Gasteiger partial charge in [0.1, 0.15) is 5.75 Å². The summed E-state index contributed by atoms with van der Waals surface area (Å²) < 4.78 is 29.1. The molecule has 0 amide bonds. The fraction of sp³-hybridized carbons (Fsp3) is 0.500. The van der Waals surface area contributed by atoms with Gasteiger partial charge in [-0.1, -0.05) is 0 Å². The maximum Gasteiger partial charge on any atom is 0.180 e. The van der Waals surface area contributed by atoms with Gasteiger partial charge in [-0.2, -0.15) is 0 Å². The molecule has 16 heavy (non-hydrogen) atoms. The molecule has 0 radical (unpaired) electrons. The Morgan fingerprint density at radius 3 is 1.88 bits per heavy atom. The van der Waals surface area contributed by atoms with Gasteiger partial charge in [-0.05, 0) is 52.0 Å². The van der Waals surface area contributed by atoms with Gasteiger partial charge in [0, 0.05) is 0 Å². The Kier molecular flexibility index (Phi) is 3.97. The van der Waals surface area contributed by atoms with Crippen molar-refractivity contribution in [1.29, 1.82) is 0 Å². The van der Waals surface area contributed by atoms with E-state index in [2.05, 4.69) is 0 Å². The zero-order valence-electron chi connectivity index (χ0n) is 10.1. The minimum Gasteiger partial charge on any atom is -0.491 e. The molecular formula is C12H18O3S. The molecule has 0 aliphatic heterocycles. The van der Waals surface area contributed by atoms with Crippen molar-refractivity contribution in [3.05, 3.63) is 24.3 Å². The predicted octanol–water partition coefficient (Wildman–Crippen LogP) is 2.66. The number of ether oxygens (including phenoxy) is 1. The van der Waals surface area contributed by atoms with E-state index in [9.17, 15) is 8.42 Å². The first-order chi connectivity index (χ1) is 7.34. The zero-order valence-corrected chi connectivity index (χ0v) is 10.9. The molecule has 90 valence electrons. The highest BCUT2D eigenvalue weighted by atomic mass is 32.2. The molecule has 0 saturated heterocycles. The minimum absolute atomic E-state index is 0.0903.